The van der Waals surface area contributed by atoms with Gasteiger partial charge in [0, 0.05) is 12.8 Å². The van der Waals surface area contributed by atoms with Gasteiger partial charge in [0.2, 0.25) is 0 Å². The van der Waals surface area contributed by atoms with Crippen molar-refractivity contribution in [2.45, 2.75) is 77.1 Å². The Balaban J connectivity index is 1.75. The normalized spacial score (nSPS) is 48.7. The highest BCUT2D eigenvalue weighted by molar-refractivity contribution is 5.04. The molecule has 4 rings (SSSR count). The van der Waals surface area contributed by atoms with Crippen molar-refractivity contribution in [2.75, 3.05) is 0 Å². The Morgan fingerprint density at radius 2 is 1.71 bits per heavy atom. The molecule has 4 fully saturated rings. The predicted molar refractivity (Wildman–Crippen MR) is 67.5 cm³/mol. The number of ether oxygens (including phenoxy) is 1. The minimum absolute atomic E-state index is 0.0200. The molecule has 0 aromatic heterocycles. The molecule has 2 aliphatic heterocycles. The van der Waals surface area contributed by atoms with E-state index in [-0.39, 0.29) is 5.60 Å². The first-order chi connectivity index (χ1) is 7.78. The van der Waals surface area contributed by atoms with Gasteiger partial charge in [0.1, 0.15) is 0 Å². The van der Waals surface area contributed by atoms with Gasteiger partial charge in [-0.1, -0.05) is 20.8 Å². The maximum absolute atomic E-state index is 10.5. The van der Waals surface area contributed by atoms with Gasteiger partial charge in [-0.25, -0.2) is 0 Å². The van der Waals surface area contributed by atoms with Gasteiger partial charge in [0.05, 0.1) is 5.60 Å². The highest BCUT2D eigenvalue weighted by atomic mass is 16.6. The minimum Gasteiger partial charge on any atom is -0.365 e. The van der Waals surface area contributed by atoms with Crippen LogP contribution in [-0.4, -0.2) is 16.5 Å². The van der Waals surface area contributed by atoms with E-state index in [1.54, 1.807) is 0 Å². The zero-order chi connectivity index (χ0) is 12.3. The van der Waals surface area contributed by atoms with Gasteiger partial charge in [-0.05, 0) is 49.4 Å². The monoisotopic (exact) mass is 238 g/mol. The highest BCUT2D eigenvalue weighted by Crippen LogP contribution is 2.58. The van der Waals surface area contributed by atoms with Crippen molar-refractivity contribution in [1.82, 2.24) is 0 Å². The zero-order valence-corrected chi connectivity index (χ0v) is 11.5. The molecule has 1 N–H and O–H groups in total. The largest absolute Gasteiger partial charge is 0.365 e. The lowest BCUT2D eigenvalue weighted by atomic mass is 9.59. The zero-order valence-electron chi connectivity index (χ0n) is 11.5. The van der Waals surface area contributed by atoms with Crippen LogP contribution >= 0.6 is 0 Å². The van der Waals surface area contributed by atoms with Gasteiger partial charge >= 0.3 is 0 Å². The number of rotatable bonds is 2. The summed E-state index contributed by atoms with van der Waals surface area (Å²) in [5, 5.41) is 10.5. The Kier molecular flexibility index (Phi) is 2.45. The molecule has 2 atom stereocenters. The number of hydrogen-bond donors (Lipinski definition) is 1. The second kappa shape index (κ2) is 3.48. The molecule has 2 aliphatic carbocycles. The first kappa shape index (κ1) is 12.0. The summed E-state index contributed by atoms with van der Waals surface area (Å²) in [6.45, 7) is 6.88. The Morgan fingerprint density at radius 1 is 1.12 bits per heavy atom. The number of aliphatic hydroxyl groups is 1. The summed E-state index contributed by atoms with van der Waals surface area (Å²) in [5.74, 6) is 0.685. The fourth-order valence-corrected chi connectivity index (χ4v) is 4.50. The summed E-state index contributed by atoms with van der Waals surface area (Å²) in [4.78, 5) is 0. The van der Waals surface area contributed by atoms with Gasteiger partial charge in [-0.2, -0.15) is 0 Å². The molecule has 0 spiro atoms. The second-order valence-corrected chi connectivity index (χ2v) is 8.08. The summed E-state index contributed by atoms with van der Waals surface area (Å²) < 4.78 is 6.15. The van der Waals surface area contributed by atoms with E-state index in [1.807, 2.05) is 0 Å². The molecule has 2 saturated carbocycles. The number of hydrogen-bond acceptors (Lipinski definition) is 2. The van der Waals surface area contributed by atoms with Crippen LogP contribution in [0, 0.1) is 17.3 Å². The van der Waals surface area contributed by atoms with Crippen LogP contribution < -0.4 is 0 Å². The molecular weight excluding hydrogens is 212 g/mol. The Hall–Kier alpha value is -0.0800. The maximum Gasteiger partial charge on any atom is 0.166 e. The van der Waals surface area contributed by atoms with E-state index < -0.39 is 5.79 Å². The van der Waals surface area contributed by atoms with Crippen LogP contribution in [0.1, 0.15) is 65.7 Å². The molecule has 2 heteroatoms. The third kappa shape index (κ3) is 2.26. The molecule has 0 radical (unpaired) electrons. The van der Waals surface area contributed by atoms with E-state index in [4.69, 9.17) is 4.74 Å². The molecule has 4 bridgehead atoms. The lowest BCUT2D eigenvalue weighted by Crippen LogP contribution is -2.61. The van der Waals surface area contributed by atoms with Crippen molar-refractivity contribution in [3.63, 3.8) is 0 Å². The lowest BCUT2D eigenvalue weighted by Gasteiger charge is -2.60. The third-order valence-corrected chi connectivity index (χ3v) is 4.94. The molecule has 0 amide bonds. The van der Waals surface area contributed by atoms with Gasteiger partial charge in [-0.3, -0.25) is 0 Å². The molecule has 2 heterocycles. The quantitative estimate of drug-likeness (QED) is 0.798. The van der Waals surface area contributed by atoms with Gasteiger partial charge in [0.15, 0.2) is 5.79 Å². The van der Waals surface area contributed by atoms with Crippen LogP contribution in [0.4, 0.5) is 0 Å². The smallest absolute Gasteiger partial charge is 0.166 e. The SMILES string of the molecule is CC(C)(C)CCC12C[C@H]3C[C@@H](CC(O)(C3)O1)C2. The van der Waals surface area contributed by atoms with Crippen molar-refractivity contribution in [3.05, 3.63) is 0 Å². The first-order valence-corrected chi connectivity index (χ1v) is 7.20. The molecule has 4 aliphatic rings. The van der Waals surface area contributed by atoms with Crippen LogP contribution in [0.25, 0.3) is 0 Å². The van der Waals surface area contributed by atoms with Gasteiger partial charge in [-0.15, -0.1) is 0 Å². The Labute approximate surface area is 105 Å². The molecule has 0 aromatic rings. The summed E-state index contributed by atoms with van der Waals surface area (Å²) in [6.07, 6.45) is 7.84. The van der Waals surface area contributed by atoms with Crippen LogP contribution in [-0.2, 0) is 4.74 Å². The topological polar surface area (TPSA) is 29.5 Å². The predicted octanol–water partition coefficient (Wildman–Crippen LogP) is 3.48. The van der Waals surface area contributed by atoms with E-state index in [0.29, 0.717) is 5.41 Å². The fraction of sp³-hybridized carbons (Fsp3) is 1.00. The summed E-state index contributed by atoms with van der Waals surface area (Å²) in [5.41, 5.74) is 0.390. The van der Waals surface area contributed by atoms with Crippen molar-refractivity contribution >= 4 is 0 Å². The van der Waals surface area contributed by atoms with Gasteiger partial charge < -0.3 is 9.84 Å². The van der Waals surface area contributed by atoms with Crippen molar-refractivity contribution in [2.24, 2.45) is 17.3 Å². The van der Waals surface area contributed by atoms with Crippen molar-refractivity contribution < 1.29 is 9.84 Å². The van der Waals surface area contributed by atoms with Crippen LogP contribution in [0.2, 0.25) is 0 Å². The summed E-state index contributed by atoms with van der Waals surface area (Å²) >= 11 is 0. The van der Waals surface area contributed by atoms with E-state index in [9.17, 15) is 5.11 Å². The molecular formula is C15H26O2. The van der Waals surface area contributed by atoms with Crippen molar-refractivity contribution in [1.29, 1.82) is 0 Å². The van der Waals surface area contributed by atoms with Gasteiger partial charge in [0.25, 0.3) is 0 Å². The molecule has 98 valence electrons. The maximum atomic E-state index is 10.5. The first-order valence-electron chi connectivity index (χ1n) is 7.20. The molecule has 0 aromatic carbocycles. The summed E-state index contributed by atoms with van der Waals surface area (Å²) in [7, 11) is 0. The van der Waals surface area contributed by atoms with Crippen LogP contribution in [0.5, 0.6) is 0 Å². The minimum atomic E-state index is -0.762. The fourth-order valence-electron chi connectivity index (χ4n) is 4.50. The summed E-state index contributed by atoms with van der Waals surface area (Å²) in [6, 6.07) is 0. The average molecular weight is 238 g/mol. The molecule has 2 saturated heterocycles. The average Bonchev–Trinajstić information content (AvgIpc) is 2.09. The standard InChI is InChI=1S/C15H26O2/c1-13(2,3)4-5-14-7-11-6-12(8-14)10-15(16,9-11)17-14/h11-12,16H,4-10H2,1-3H3/t11-,12-,14?,15?/m1/s1. The highest BCUT2D eigenvalue weighted by Gasteiger charge is 2.58. The third-order valence-electron chi connectivity index (χ3n) is 4.94. The van der Waals surface area contributed by atoms with E-state index >= 15 is 0 Å². The van der Waals surface area contributed by atoms with Crippen LogP contribution in [0.3, 0.4) is 0 Å². The van der Waals surface area contributed by atoms with E-state index in [1.165, 1.54) is 25.7 Å². The van der Waals surface area contributed by atoms with E-state index in [2.05, 4.69) is 20.8 Å². The molecule has 2 nitrogen and oxygen atoms in total. The molecule has 0 unspecified atom stereocenters. The second-order valence-electron chi connectivity index (χ2n) is 8.08. The molecule has 17 heavy (non-hydrogen) atoms. The lowest BCUT2D eigenvalue weighted by molar-refractivity contribution is -0.357. The Bertz CT molecular complexity index is 301. The van der Waals surface area contributed by atoms with Crippen molar-refractivity contribution in [3.8, 4) is 0 Å². The van der Waals surface area contributed by atoms with Crippen LogP contribution in [0.15, 0.2) is 0 Å². The Morgan fingerprint density at radius 3 is 2.18 bits per heavy atom. The van der Waals surface area contributed by atoms with E-state index in [0.717, 1.165) is 31.1 Å².